The normalized spacial score (nSPS) is 29.5. The van der Waals surface area contributed by atoms with Gasteiger partial charge in [0.05, 0.1) is 0 Å². The predicted molar refractivity (Wildman–Crippen MR) is 76.1 cm³/mol. The van der Waals surface area contributed by atoms with Crippen molar-refractivity contribution in [1.29, 1.82) is 0 Å². The van der Waals surface area contributed by atoms with E-state index in [2.05, 4.69) is 10.2 Å². The Kier molecular flexibility index (Phi) is 3.57. The van der Waals surface area contributed by atoms with Crippen LogP contribution in [0.25, 0.3) is 0 Å². The molecule has 0 spiro atoms. The summed E-state index contributed by atoms with van der Waals surface area (Å²) in [5.41, 5.74) is 0. The number of hydrogen-bond donors (Lipinski definition) is 0. The van der Waals surface area contributed by atoms with E-state index in [-0.39, 0.29) is 5.16 Å². The van der Waals surface area contributed by atoms with E-state index in [1.165, 1.54) is 25.7 Å². The quantitative estimate of drug-likeness (QED) is 0.801. The molecular weight excluding hydrogens is 298 g/mol. The molecule has 0 saturated heterocycles. The molecule has 0 radical (unpaired) electrons. The second-order valence-corrected chi connectivity index (χ2v) is 8.88. The molecule has 1 aromatic rings. The number of hydrogen-bond acceptors (Lipinski definition) is 4. The highest BCUT2D eigenvalue weighted by Crippen LogP contribution is 2.60. The molecule has 1 heterocycles. The van der Waals surface area contributed by atoms with E-state index in [1.807, 2.05) is 13.8 Å². The Labute approximate surface area is 124 Å². The second-order valence-electron chi connectivity index (χ2n) is 6.42. The van der Waals surface area contributed by atoms with Crippen LogP contribution in [0.2, 0.25) is 0 Å². The minimum absolute atomic E-state index is 0.0912. The van der Waals surface area contributed by atoms with Crippen LogP contribution < -0.4 is 0 Å². The molecule has 0 N–H and O–H groups in total. The molecule has 2 fully saturated rings. The highest BCUT2D eigenvalue weighted by atomic mass is 35.7. The largest absolute Gasteiger partial charge is 0.300 e. The average molecular weight is 318 g/mol. The fraction of sp³-hybridized carbons (Fsp3) is 0.846. The summed E-state index contributed by atoms with van der Waals surface area (Å²) in [4.78, 5) is 0. The van der Waals surface area contributed by atoms with Gasteiger partial charge < -0.3 is 4.57 Å². The molecule has 2 aliphatic rings. The van der Waals surface area contributed by atoms with Gasteiger partial charge in [-0.1, -0.05) is 26.7 Å². The van der Waals surface area contributed by atoms with E-state index >= 15 is 0 Å². The van der Waals surface area contributed by atoms with Crippen molar-refractivity contribution in [3.8, 4) is 0 Å². The lowest BCUT2D eigenvalue weighted by molar-refractivity contribution is 0.469. The zero-order chi connectivity index (χ0) is 14.5. The van der Waals surface area contributed by atoms with E-state index in [1.54, 1.807) is 4.57 Å². The maximum atomic E-state index is 11.6. The summed E-state index contributed by atoms with van der Waals surface area (Å²) < 4.78 is 25.0. The van der Waals surface area contributed by atoms with Gasteiger partial charge in [-0.25, -0.2) is 8.42 Å². The van der Waals surface area contributed by atoms with Crippen molar-refractivity contribution in [3.05, 3.63) is 5.82 Å². The summed E-state index contributed by atoms with van der Waals surface area (Å²) in [6.45, 7) is 4.70. The van der Waals surface area contributed by atoms with Gasteiger partial charge in [0, 0.05) is 23.1 Å². The maximum Gasteiger partial charge on any atom is 0.296 e. The molecule has 0 bridgehead atoms. The molecule has 0 aliphatic heterocycles. The molecule has 2 aliphatic carbocycles. The molecule has 2 unspecified atom stereocenters. The van der Waals surface area contributed by atoms with Crippen molar-refractivity contribution in [2.45, 2.75) is 57.1 Å². The van der Waals surface area contributed by atoms with E-state index in [0.29, 0.717) is 30.2 Å². The van der Waals surface area contributed by atoms with Crippen LogP contribution in [0.4, 0.5) is 0 Å². The molecule has 1 aromatic heterocycles. The van der Waals surface area contributed by atoms with E-state index in [9.17, 15) is 8.42 Å². The van der Waals surface area contributed by atoms with Gasteiger partial charge in [-0.15, -0.1) is 10.2 Å². The third kappa shape index (κ3) is 2.48. The van der Waals surface area contributed by atoms with Crippen molar-refractivity contribution < 1.29 is 8.42 Å². The number of fused-ring (bicyclic) bond motifs is 1. The van der Waals surface area contributed by atoms with Crippen LogP contribution in [0.1, 0.15) is 51.3 Å². The molecule has 7 heteroatoms. The van der Waals surface area contributed by atoms with Crippen LogP contribution in [0.3, 0.4) is 0 Å². The van der Waals surface area contributed by atoms with Gasteiger partial charge in [-0.2, -0.15) is 0 Å². The first-order chi connectivity index (χ1) is 9.39. The van der Waals surface area contributed by atoms with Crippen molar-refractivity contribution in [3.63, 3.8) is 0 Å². The van der Waals surface area contributed by atoms with Crippen molar-refractivity contribution in [2.75, 3.05) is 0 Å². The van der Waals surface area contributed by atoms with Crippen molar-refractivity contribution in [1.82, 2.24) is 14.8 Å². The van der Waals surface area contributed by atoms with Crippen molar-refractivity contribution in [2.24, 2.45) is 17.8 Å². The fourth-order valence-electron chi connectivity index (χ4n) is 3.64. The van der Waals surface area contributed by atoms with Gasteiger partial charge in [-0.3, -0.25) is 0 Å². The topological polar surface area (TPSA) is 64.8 Å². The minimum atomic E-state index is -3.84. The highest BCUT2D eigenvalue weighted by molar-refractivity contribution is 8.13. The van der Waals surface area contributed by atoms with Crippen LogP contribution in [-0.4, -0.2) is 23.2 Å². The Morgan fingerprint density at radius 3 is 2.35 bits per heavy atom. The second kappa shape index (κ2) is 4.98. The first-order valence-electron chi connectivity index (χ1n) is 7.27. The molecule has 5 nitrogen and oxygen atoms in total. The molecule has 20 heavy (non-hydrogen) atoms. The van der Waals surface area contributed by atoms with E-state index in [0.717, 1.165) is 5.82 Å². The van der Waals surface area contributed by atoms with E-state index in [4.69, 9.17) is 10.7 Å². The van der Waals surface area contributed by atoms with Crippen LogP contribution in [0.15, 0.2) is 5.16 Å². The summed E-state index contributed by atoms with van der Waals surface area (Å²) in [5.74, 6) is 2.88. The summed E-state index contributed by atoms with van der Waals surface area (Å²) >= 11 is 0. The Morgan fingerprint density at radius 1 is 1.25 bits per heavy atom. The van der Waals surface area contributed by atoms with Crippen LogP contribution in [0.5, 0.6) is 0 Å². The lowest BCUT2D eigenvalue weighted by atomic mass is 10.0. The Morgan fingerprint density at radius 2 is 1.85 bits per heavy atom. The Hall–Kier alpha value is -0.620. The zero-order valence-electron chi connectivity index (χ0n) is 11.8. The molecule has 2 saturated carbocycles. The minimum Gasteiger partial charge on any atom is -0.300 e. The lowest BCUT2D eigenvalue weighted by Crippen LogP contribution is -2.13. The van der Waals surface area contributed by atoms with Gasteiger partial charge in [0.1, 0.15) is 5.82 Å². The van der Waals surface area contributed by atoms with Gasteiger partial charge in [-0.05, 0) is 30.6 Å². The summed E-state index contributed by atoms with van der Waals surface area (Å²) in [7, 11) is 1.65. The van der Waals surface area contributed by atoms with E-state index < -0.39 is 9.05 Å². The van der Waals surface area contributed by atoms with Gasteiger partial charge in [0.15, 0.2) is 0 Å². The molecule has 2 atom stereocenters. The molecule has 0 amide bonds. The predicted octanol–water partition coefficient (Wildman–Crippen LogP) is 2.77. The maximum absolute atomic E-state index is 11.6. The lowest BCUT2D eigenvalue weighted by Gasteiger charge is -2.11. The Balaban J connectivity index is 1.97. The molecule has 112 valence electrons. The number of halogens is 1. The first kappa shape index (κ1) is 14.3. The smallest absolute Gasteiger partial charge is 0.296 e. The van der Waals surface area contributed by atoms with Gasteiger partial charge in [0.2, 0.25) is 0 Å². The summed E-state index contributed by atoms with van der Waals surface area (Å²) in [6.07, 6.45) is 5.01. The fourth-order valence-corrected chi connectivity index (χ4v) is 4.55. The molecule has 0 aromatic carbocycles. The number of rotatable bonds is 4. The number of nitrogens with zero attached hydrogens (tertiary/aromatic N) is 3. The van der Waals surface area contributed by atoms with Crippen LogP contribution in [-0.2, 0) is 15.6 Å². The summed E-state index contributed by atoms with van der Waals surface area (Å²) in [5, 5.41) is 7.93. The van der Waals surface area contributed by atoms with Gasteiger partial charge >= 0.3 is 0 Å². The van der Waals surface area contributed by atoms with Crippen LogP contribution in [0, 0.1) is 17.8 Å². The third-order valence-corrected chi connectivity index (χ3v) is 5.62. The van der Waals surface area contributed by atoms with Gasteiger partial charge in [0.25, 0.3) is 14.2 Å². The SMILES string of the molecule is CC(C)Cn1c(C2C3CCCCC32)nnc1S(=O)(=O)Cl. The van der Waals surface area contributed by atoms with Crippen LogP contribution >= 0.6 is 10.7 Å². The first-order valence-corrected chi connectivity index (χ1v) is 9.58. The Bertz CT molecular complexity index is 599. The van der Waals surface area contributed by atoms with Crippen molar-refractivity contribution >= 4 is 19.7 Å². The molecular formula is C13H20ClN3O2S. The summed E-state index contributed by atoms with van der Waals surface area (Å²) in [6, 6.07) is 0. The molecule has 3 rings (SSSR count). The number of aromatic nitrogens is 3. The standard InChI is InChI=1S/C13H20ClN3O2S/c1-8(2)7-17-12(15-16-13(17)20(14,18)19)11-9-5-3-4-6-10(9)11/h8-11H,3-7H2,1-2H3. The highest BCUT2D eigenvalue weighted by Gasteiger charge is 2.54. The third-order valence-electron chi connectivity index (χ3n) is 4.47. The monoisotopic (exact) mass is 317 g/mol. The zero-order valence-corrected chi connectivity index (χ0v) is 13.4. The average Bonchev–Trinajstić information content (AvgIpc) is 2.92.